The van der Waals surface area contributed by atoms with E-state index < -0.39 is 17.5 Å². The van der Waals surface area contributed by atoms with Crippen molar-refractivity contribution in [3.63, 3.8) is 0 Å². The van der Waals surface area contributed by atoms with E-state index in [2.05, 4.69) is 5.32 Å². The molecule has 2 aromatic carbocycles. The van der Waals surface area contributed by atoms with Gasteiger partial charge in [0.1, 0.15) is 5.82 Å². The fourth-order valence-corrected chi connectivity index (χ4v) is 2.02. The highest BCUT2D eigenvalue weighted by Gasteiger charge is 2.11. The van der Waals surface area contributed by atoms with Gasteiger partial charge in [-0.3, -0.25) is 0 Å². The van der Waals surface area contributed by atoms with Crippen LogP contribution in [-0.4, -0.2) is 0 Å². The second kappa shape index (κ2) is 5.72. The van der Waals surface area contributed by atoms with Gasteiger partial charge in [0, 0.05) is 28.7 Å². The van der Waals surface area contributed by atoms with Gasteiger partial charge in [0.2, 0.25) is 0 Å². The first-order valence-electron chi connectivity index (χ1n) is 5.29. The monoisotopic (exact) mass is 305 g/mol. The lowest BCUT2D eigenvalue weighted by Gasteiger charge is -2.10. The molecule has 1 nitrogen and oxygen atoms in total. The summed E-state index contributed by atoms with van der Waals surface area (Å²) < 4.78 is 39.4. The van der Waals surface area contributed by atoms with Crippen LogP contribution in [0.5, 0.6) is 0 Å². The Morgan fingerprint density at radius 1 is 1.00 bits per heavy atom. The Hall–Kier alpha value is -1.39. The minimum atomic E-state index is -1.25. The molecule has 0 saturated heterocycles. The largest absolute Gasteiger partial charge is 0.378 e. The van der Waals surface area contributed by atoms with Gasteiger partial charge in [-0.2, -0.15) is 0 Å². The third kappa shape index (κ3) is 3.33. The summed E-state index contributed by atoms with van der Waals surface area (Å²) in [6.45, 7) is 0.121. The molecule has 2 rings (SSSR count). The topological polar surface area (TPSA) is 12.0 Å². The predicted molar refractivity (Wildman–Crippen MR) is 70.1 cm³/mol. The molecule has 1 N–H and O–H groups in total. The summed E-state index contributed by atoms with van der Waals surface area (Å²) in [6.07, 6.45) is 0. The lowest BCUT2D eigenvalue weighted by atomic mass is 10.2. The first-order valence-corrected chi connectivity index (χ1v) is 6.05. The Morgan fingerprint density at radius 2 is 1.74 bits per heavy atom. The van der Waals surface area contributed by atoms with E-state index in [1.165, 1.54) is 6.07 Å². The SMILES string of the molecule is Fc1cc(F)c(F)c(NCc2ccc(Cl)cc2Cl)c1. The smallest absolute Gasteiger partial charge is 0.182 e. The Labute approximate surface area is 118 Å². The van der Waals surface area contributed by atoms with Gasteiger partial charge in [-0.1, -0.05) is 29.3 Å². The molecule has 0 aliphatic rings. The van der Waals surface area contributed by atoms with Crippen molar-refractivity contribution < 1.29 is 13.2 Å². The number of hydrogen-bond donors (Lipinski definition) is 1. The molecule has 0 aliphatic heterocycles. The van der Waals surface area contributed by atoms with Gasteiger partial charge in [-0.25, -0.2) is 13.2 Å². The Morgan fingerprint density at radius 3 is 2.42 bits per heavy atom. The fraction of sp³-hybridized carbons (Fsp3) is 0.0769. The van der Waals surface area contributed by atoms with Crippen molar-refractivity contribution in [1.82, 2.24) is 0 Å². The van der Waals surface area contributed by atoms with E-state index in [-0.39, 0.29) is 12.2 Å². The van der Waals surface area contributed by atoms with Gasteiger partial charge in [0.25, 0.3) is 0 Å². The Bertz CT molecular complexity index is 617. The molecule has 0 spiro atoms. The number of hydrogen-bond acceptors (Lipinski definition) is 1. The average molecular weight is 306 g/mol. The van der Waals surface area contributed by atoms with Crippen LogP contribution in [0, 0.1) is 17.5 Å². The third-order valence-corrected chi connectivity index (χ3v) is 3.06. The summed E-state index contributed by atoms with van der Waals surface area (Å²) in [5.74, 6) is -3.24. The molecular weight excluding hydrogens is 298 g/mol. The van der Waals surface area contributed by atoms with Crippen LogP contribution < -0.4 is 5.32 Å². The Kier molecular flexibility index (Phi) is 4.22. The second-order valence-electron chi connectivity index (χ2n) is 3.84. The molecule has 19 heavy (non-hydrogen) atoms. The van der Waals surface area contributed by atoms with Gasteiger partial charge >= 0.3 is 0 Å². The maximum atomic E-state index is 13.4. The lowest BCUT2D eigenvalue weighted by Crippen LogP contribution is -2.04. The zero-order valence-corrected chi connectivity index (χ0v) is 11.0. The van der Waals surface area contributed by atoms with Crippen LogP contribution in [0.1, 0.15) is 5.56 Å². The van der Waals surface area contributed by atoms with Crippen molar-refractivity contribution in [2.75, 3.05) is 5.32 Å². The van der Waals surface area contributed by atoms with Crippen molar-refractivity contribution in [2.45, 2.75) is 6.54 Å². The van der Waals surface area contributed by atoms with Crippen LogP contribution >= 0.6 is 23.2 Å². The molecule has 0 radical (unpaired) electrons. The molecule has 0 fully saturated rings. The molecule has 2 aromatic rings. The van der Waals surface area contributed by atoms with E-state index in [1.807, 2.05) is 0 Å². The van der Waals surface area contributed by atoms with E-state index in [0.29, 0.717) is 21.7 Å². The van der Waals surface area contributed by atoms with E-state index >= 15 is 0 Å². The standard InChI is InChI=1S/C13H8Cl2F3N/c14-8-2-1-7(10(15)3-8)6-19-12-5-9(16)4-11(17)13(12)18/h1-5,19H,6H2. The van der Waals surface area contributed by atoms with Crippen LogP contribution in [0.3, 0.4) is 0 Å². The van der Waals surface area contributed by atoms with Gasteiger partial charge in [-0.05, 0) is 17.7 Å². The number of rotatable bonds is 3. The molecule has 0 unspecified atom stereocenters. The normalized spacial score (nSPS) is 10.6. The quantitative estimate of drug-likeness (QED) is 0.785. The third-order valence-electron chi connectivity index (χ3n) is 2.48. The van der Waals surface area contributed by atoms with Gasteiger partial charge in [0.05, 0.1) is 5.69 Å². The molecule has 0 amide bonds. The summed E-state index contributed by atoms with van der Waals surface area (Å²) in [7, 11) is 0. The molecule has 0 aromatic heterocycles. The fourth-order valence-electron chi connectivity index (χ4n) is 1.54. The van der Waals surface area contributed by atoms with E-state index in [0.717, 1.165) is 6.07 Å². The molecular formula is C13H8Cl2F3N. The number of halogens is 5. The first-order chi connectivity index (χ1) is 8.97. The summed E-state index contributed by atoms with van der Waals surface area (Å²) in [4.78, 5) is 0. The zero-order valence-electron chi connectivity index (χ0n) is 9.48. The van der Waals surface area contributed by atoms with E-state index in [4.69, 9.17) is 23.2 Å². The van der Waals surface area contributed by atoms with Crippen molar-refractivity contribution in [1.29, 1.82) is 0 Å². The maximum absolute atomic E-state index is 13.4. The van der Waals surface area contributed by atoms with E-state index in [9.17, 15) is 13.2 Å². The van der Waals surface area contributed by atoms with Crippen molar-refractivity contribution in [3.05, 3.63) is 63.4 Å². The highest BCUT2D eigenvalue weighted by Crippen LogP contribution is 2.24. The van der Waals surface area contributed by atoms with Crippen LogP contribution in [0.25, 0.3) is 0 Å². The highest BCUT2D eigenvalue weighted by molar-refractivity contribution is 6.35. The molecule has 0 bridgehead atoms. The molecule has 100 valence electrons. The number of anilines is 1. The summed E-state index contributed by atoms with van der Waals surface area (Å²) in [6, 6.07) is 6.15. The van der Waals surface area contributed by atoms with Crippen molar-refractivity contribution >= 4 is 28.9 Å². The van der Waals surface area contributed by atoms with Crippen LogP contribution in [-0.2, 0) is 6.54 Å². The minimum Gasteiger partial charge on any atom is -0.378 e. The summed E-state index contributed by atoms with van der Waals surface area (Å²) in [5.41, 5.74) is 0.374. The second-order valence-corrected chi connectivity index (χ2v) is 4.68. The molecule has 0 heterocycles. The summed E-state index contributed by atoms with van der Waals surface area (Å²) in [5, 5.41) is 3.44. The van der Waals surface area contributed by atoms with Gasteiger partial charge in [-0.15, -0.1) is 0 Å². The minimum absolute atomic E-state index is 0.121. The highest BCUT2D eigenvalue weighted by atomic mass is 35.5. The van der Waals surface area contributed by atoms with Crippen molar-refractivity contribution in [3.8, 4) is 0 Å². The Balaban J connectivity index is 2.19. The average Bonchev–Trinajstić information content (AvgIpc) is 2.33. The predicted octanol–water partition coefficient (Wildman–Crippen LogP) is 5.02. The zero-order chi connectivity index (χ0) is 14.0. The molecule has 0 saturated carbocycles. The maximum Gasteiger partial charge on any atom is 0.182 e. The van der Waals surface area contributed by atoms with E-state index in [1.54, 1.807) is 12.1 Å². The van der Waals surface area contributed by atoms with Crippen molar-refractivity contribution in [2.24, 2.45) is 0 Å². The number of benzene rings is 2. The number of nitrogens with one attached hydrogen (secondary N) is 1. The van der Waals surface area contributed by atoms with Gasteiger partial charge < -0.3 is 5.32 Å². The molecule has 0 atom stereocenters. The first kappa shape index (κ1) is 14.0. The van der Waals surface area contributed by atoms with Gasteiger partial charge in [0.15, 0.2) is 11.6 Å². The lowest BCUT2D eigenvalue weighted by molar-refractivity contribution is 0.497. The molecule has 0 aliphatic carbocycles. The van der Waals surface area contributed by atoms with Crippen LogP contribution in [0.4, 0.5) is 18.9 Å². The molecule has 6 heteroatoms. The summed E-state index contributed by atoms with van der Waals surface area (Å²) >= 11 is 11.7. The van der Waals surface area contributed by atoms with Crippen LogP contribution in [0.2, 0.25) is 10.0 Å². The van der Waals surface area contributed by atoms with Crippen LogP contribution in [0.15, 0.2) is 30.3 Å².